The summed E-state index contributed by atoms with van der Waals surface area (Å²) in [7, 11) is -2.13. The van der Waals surface area contributed by atoms with E-state index in [4.69, 9.17) is 14.6 Å². The summed E-state index contributed by atoms with van der Waals surface area (Å²) in [6.07, 6.45) is 1.70. The van der Waals surface area contributed by atoms with Gasteiger partial charge in [0.2, 0.25) is 10.0 Å². The van der Waals surface area contributed by atoms with Gasteiger partial charge >= 0.3 is 0 Å². The number of methoxy groups -OCH3 is 1. The molecule has 0 bridgehead atoms. The second-order valence-corrected chi connectivity index (χ2v) is 6.72. The van der Waals surface area contributed by atoms with Crippen LogP contribution >= 0.6 is 0 Å². The lowest BCUT2D eigenvalue weighted by Gasteiger charge is -2.05. The maximum absolute atomic E-state index is 11.3. The number of benzene rings is 2. The van der Waals surface area contributed by atoms with Gasteiger partial charge in [-0.15, -0.1) is 5.10 Å². The number of sulfonamides is 1. The lowest BCUT2D eigenvalue weighted by atomic mass is 10.3. The Morgan fingerprint density at radius 3 is 2.52 bits per heavy atom. The van der Waals surface area contributed by atoms with E-state index < -0.39 is 10.0 Å². The number of primary sulfonamides is 1. The van der Waals surface area contributed by atoms with Gasteiger partial charge in [-0.3, -0.25) is 0 Å². The molecular formula is C16H16N4O4S. The number of hydrogen-bond acceptors (Lipinski definition) is 6. The molecule has 8 nitrogen and oxygen atoms in total. The number of aromatic nitrogens is 3. The number of nitrogens with zero attached hydrogens (tertiary/aromatic N) is 3. The highest BCUT2D eigenvalue weighted by atomic mass is 32.2. The third-order valence-corrected chi connectivity index (χ3v) is 4.33. The van der Waals surface area contributed by atoms with Crippen molar-refractivity contribution in [1.82, 2.24) is 15.0 Å². The number of ether oxygens (including phenoxy) is 2. The molecule has 25 heavy (non-hydrogen) atoms. The van der Waals surface area contributed by atoms with Gasteiger partial charge < -0.3 is 9.47 Å². The summed E-state index contributed by atoms with van der Waals surface area (Å²) >= 11 is 0. The highest BCUT2D eigenvalue weighted by Crippen LogP contribution is 2.20. The van der Waals surface area contributed by atoms with Crippen LogP contribution in [0.5, 0.6) is 11.5 Å². The molecular weight excluding hydrogens is 344 g/mol. The first-order valence-electron chi connectivity index (χ1n) is 7.27. The van der Waals surface area contributed by atoms with Crippen molar-refractivity contribution in [2.45, 2.75) is 11.5 Å². The van der Waals surface area contributed by atoms with Gasteiger partial charge in [0.1, 0.15) is 23.8 Å². The average molecular weight is 360 g/mol. The maximum Gasteiger partial charge on any atom is 0.238 e. The Morgan fingerprint density at radius 1 is 1.12 bits per heavy atom. The maximum atomic E-state index is 11.3. The van der Waals surface area contributed by atoms with E-state index in [1.54, 1.807) is 31.5 Å². The van der Waals surface area contributed by atoms with Gasteiger partial charge in [-0.2, -0.15) is 0 Å². The van der Waals surface area contributed by atoms with Crippen LogP contribution in [0.3, 0.4) is 0 Å². The Balaban J connectivity index is 1.69. The predicted octanol–water partition coefficient (Wildman–Crippen LogP) is 1.50. The molecule has 2 aromatic carbocycles. The fraction of sp³-hybridized carbons (Fsp3) is 0.125. The molecule has 0 atom stereocenters. The molecule has 0 saturated carbocycles. The van der Waals surface area contributed by atoms with E-state index in [0.29, 0.717) is 22.9 Å². The molecule has 9 heteroatoms. The van der Waals surface area contributed by atoms with Gasteiger partial charge in [0.15, 0.2) is 0 Å². The van der Waals surface area contributed by atoms with Crippen molar-refractivity contribution in [2.24, 2.45) is 5.14 Å². The highest BCUT2D eigenvalue weighted by Gasteiger charge is 2.09. The Hall–Kier alpha value is -2.91. The van der Waals surface area contributed by atoms with Gasteiger partial charge in [0, 0.05) is 6.07 Å². The number of hydrogen-bond donors (Lipinski definition) is 1. The molecule has 1 heterocycles. The molecule has 130 valence electrons. The van der Waals surface area contributed by atoms with Crippen molar-refractivity contribution in [2.75, 3.05) is 7.11 Å². The van der Waals surface area contributed by atoms with Crippen molar-refractivity contribution >= 4 is 10.0 Å². The summed E-state index contributed by atoms with van der Waals surface area (Å²) in [5.74, 6) is 1.36. The Bertz CT molecular complexity index is 968. The minimum atomic E-state index is -3.72. The first-order valence-corrected chi connectivity index (χ1v) is 8.82. The van der Waals surface area contributed by atoms with Gasteiger partial charge in [-0.05, 0) is 36.4 Å². The molecule has 0 amide bonds. The van der Waals surface area contributed by atoms with Crippen molar-refractivity contribution in [1.29, 1.82) is 0 Å². The zero-order valence-corrected chi connectivity index (χ0v) is 14.2. The first kappa shape index (κ1) is 16.9. The van der Waals surface area contributed by atoms with Crippen LogP contribution in [0.4, 0.5) is 0 Å². The Labute approximate surface area is 144 Å². The Kier molecular flexibility index (Phi) is 4.68. The summed E-state index contributed by atoms with van der Waals surface area (Å²) in [4.78, 5) is 0.0398. The van der Waals surface area contributed by atoms with Gasteiger partial charge in [0.05, 0.1) is 23.9 Å². The fourth-order valence-electron chi connectivity index (χ4n) is 2.13. The second-order valence-electron chi connectivity index (χ2n) is 5.16. The summed E-state index contributed by atoms with van der Waals surface area (Å²) in [5.41, 5.74) is 1.28. The average Bonchev–Trinajstić information content (AvgIpc) is 3.08. The SMILES string of the molecule is COc1cccc(OCc2cn(-c3ccc(S(N)(=O)=O)cc3)nn2)c1. The van der Waals surface area contributed by atoms with E-state index in [9.17, 15) is 8.42 Å². The third kappa shape index (κ3) is 4.14. The van der Waals surface area contributed by atoms with E-state index >= 15 is 0 Å². The molecule has 0 aliphatic heterocycles. The molecule has 0 saturated heterocycles. The van der Waals surface area contributed by atoms with E-state index in [0.717, 1.165) is 0 Å². The summed E-state index contributed by atoms with van der Waals surface area (Å²) in [6, 6.07) is 13.3. The highest BCUT2D eigenvalue weighted by molar-refractivity contribution is 7.89. The van der Waals surface area contributed by atoms with Crippen LogP contribution in [-0.2, 0) is 16.6 Å². The minimum Gasteiger partial charge on any atom is -0.497 e. The third-order valence-electron chi connectivity index (χ3n) is 3.40. The van der Waals surface area contributed by atoms with E-state index in [2.05, 4.69) is 10.3 Å². The van der Waals surface area contributed by atoms with Crippen LogP contribution in [0, 0.1) is 0 Å². The quantitative estimate of drug-likeness (QED) is 0.713. The molecule has 1 aromatic heterocycles. The van der Waals surface area contributed by atoms with Crippen LogP contribution in [0.25, 0.3) is 5.69 Å². The summed E-state index contributed by atoms with van der Waals surface area (Å²) in [5, 5.41) is 13.1. The van der Waals surface area contributed by atoms with E-state index in [1.165, 1.54) is 16.8 Å². The molecule has 0 aliphatic rings. The minimum absolute atomic E-state index is 0.0398. The van der Waals surface area contributed by atoms with E-state index in [-0.39, 0.29) is 11.5 Å². The standard InChI is InChI=1S/C16H16N4O4S/c1-23-14-3-2-4-15(9-14)24-11-12-10-20(19-18-12)13-5-7-16(8-6-13)25(17,21)22/h2-10H,11H2,1H3,(H2,17,21,22). The van der Waals surface area contributed by atoms with Gasteiger partial charge in [-0.25, -0.2) is 18.2 Å². The topological polar surface area (TPSA) is 109 Å². The van der Waals surface area contributed by atoms with Crippen molar-refractivity contribution in [3.63, 3.8) is 0 Å². The number of rotatable bonds is 6. The zero-order valence-electron chi connectivity index (χ0n) is 13.4. The molecule has 2 N–H and O–H groups in total. The summed E-state index contributed by atoms with van der Waals surface area (Å²) in [6.45, 7) is 0.239. The van der Waals surface area contributed by atoms with Gasteiger partial charge in [-0.1, -0.05) is 11.3 Å². The fourth-order valence-corrected chi connectivity index (χ4v) is 2.64. The van der Waals surface area contributed by atoms with Crippen LogP contribution < -0.4 is 14.6 Å². The van der Waals surface area contributed by atoms with Crippen molar-refractivity contribution in [3.8, 4) is 17.2 Å². The van der Waals surface area contributed by atoms with Crippen LogP contribution in [0.1, 0.15) is 5.69 Å². The van der Waals surface area contributed by atoms with Crippen molar-refractivity contribution in [3.05, 3.63) is 60.4 Å². The largest absolute Gasteiger partial charge is 0.497 e. The smallest absolute Gasteiger partial charge is 0.238 e. The first-order chi connectivity index (χ1) is 12.0. The molecule has 0 radical (unpaired) electrons. The van der Waals surface area contributed by atoms with Crippen LogP contribution in [0.2, 0.25) is 0 Å². The lowest BCUT2D eigenvalue weighted by molar-refractivity contribution is 0.299. The van der Waals surface area contributed by atoms with Crippen LogP contribution in [0.15, 0.2) is 59.6 Å². The summed E-state index contributed by atoms with van der Waals surface area (Å²) < 4.78 is 34.9. The van der Waals surface area contributed by atoms with Crippen molar-refractivity contribution < 1.29 is 17.9 Å². The lowest BCUT2D eigenvalue weighted by Crippen LogP contribution is -2.12. The predicted molar refractivity (Wildman–Crippen MR) is 90.1 cm³/mol. The molecule has 0 aliphatic carbocycles. The molecule has 0 fully saturated rings. The normalized spacial score (nSPS) is 11.3. The molecule has 3 rings (SSSR count). The molecule has 0 spiro atoms. The van der Waals surface area contributed by atoms with Crippen LogP contribution in [-0.4, -0.2) is 30.5 Å². The van der Waals surface area contributed by atoms with Gasteiger partial charge in [0.25, 0.3) is 0 Å². The number of nitrogens with two attached hydrogens (primary N) is 1. The monoisotopic (exact) mass is 360 g/mol. The second kappa shape index (κ2) is 6.91. The molecule has 3 aromatic rings. The Morgan fingerprint density at radius 2 is 1.84 bits per heavy atom. The zero-order chi connectivity index (χ0) is 17.9. The van der Waals surface area contributed by atoms with E-state index in [1.807, 2.05) is 18.2 Å². The molecule has 0 unspecified atom stereocenters.